The normalized spacial score (nSPS) is 10.2. The summed E-state index contributed by atoms with van der Waals surface area (Å²) in [6, 6.07) is 3.90. The van der Waals surface area contributed by atoms with Crippen LogP contribution in [0.3, 0.4) is 0 Å². The number of nitro benzene ring substituents is 1. The van der Waals surface area contributed by atoms with Gasteiger partial charge in [0.25, 0.3) is 17.2 Å². The number of hydrogen-bond acceptors (Lipinski definition) is 6. The Morgan fingerprint density at radius 3 is 2.59 bits per heavy atom. The van der Waals surface area contributed by atoms with Crippen molar-refractivity contribution in [3.05, 3.63) is 73.9 Å². The van der Waals surface area contributed by atoms with E-state index in [4.69, 9.17) is 11.6 Å². The van der Waals surface area contributed by atoms with Crippen molar-refractivity contribution in [3.63, 3.8) is 0 Å². The smallest absolute Gasteiger partial charge is 0.354 e. The van der Waals surface area contributed by atoms with Crippen LogP contribution in [0, 0.1) is 15.9 Å². The Balaban J connectivity index is 2.39. The molecule has 9 nitrogen and oxygen atoms in total. The number of aromatic nitrogens is 1. The molecule has 0 saturated heterocycles. The summed E-state index contributed by atoms with van der Waals surface area (Å²) in [5.41, 5.74) is -2.40. The molecule has 0 fully saturated rings. The summed E-state index contributed by atoms with van der Waals surface area (Å²) in [5, 5.41) is 12.6. The van der Waals surface area contributed by atoms with Crippen molar-refractivity contribution in [2.45, 2.75) is 0 Å². The number of nitrogens with one attached hydrogen (secondary N) is 1. The number of hydrogen-bond donors (Lipinski definition) is 1. The van der Waals surface area contributed by atoms with E-state index in [-0.39, 0.29) is 10.6 Å². The Morgan fingerprint density at radius 1 is 1.37 bits per heavy atom. The third-order valence-corrected chi connectivity index (χ3v) is 3.65. The number of pyridine rings is 1. The third kappa shape index (κ3) is 4.18. The van der Waals surface area contributed by atoms with Gasteiger partial charge in [0.15, 0.2) is 0 Å². The van der Waals surface area contributed by atoms with Crippen LogP contribution in [0.2, 0.25) is 5.02 Å². The van der Waals surface area contributed by atoms with Crippen LogP contribution in [0.5, 0.6) is 0 Å². The predicted octanol–water partition coefficient (Wildman–Crippen LogP) is 2.45. The maximum atomic E-state index is 13.8. The number of carbonyl (C=O) groups excluding carboxylic acids is 2. The fourth-order valence-electron chi connectivity index (χ4n) is 2.05. The number of nitro groups is 1. The number of anilines is 1. The molecule has 0 saturated carbocycles. The molecule has 1 amide bonds. The molecule has 0 aliphatic carbocycles. The van der Waals surface area contributed by atoms with Crippen molar-refractivity contribution in [3.8, 4) is 0 Å². The third-order valence-electron chi connectivity index (χ3n) is 3.35. The Kier molecular flexibility index (Phi) is 5.71. The summed E-state index contributed by atoms with van der Waals surface area (Å²) in [5.74, 6) is -2.77. The number of nitrogens with zero attached hydrogens (tertiary/aromatic N) is 2. The molecule has 27 heavy (non-hydrogen) atoms. The topological polar surface area (TPSA) is 121 Å². The maximum Gasteiger partial charge on any atom is 0.354 e. The summed E-state index contributed by atoms with van der Waals surface area (Å²) in [6.45, 7) is 3.34. The molecule has 0 atom stereocenters. The molecule has 0 aliphatic heterocycles. The largest absolute Gasteiger partial charge is 0.464 e. The lowest BCUT2D eigenvalue weighted by atomic mass is 10.2. The zero-order chi connectivity index (χ0) is 20.3. The Morgan fingerprint density at radius 2 is 2.04 bits per heavy atom. The van der Waals surface area contributed by atoms with E-state index < -0.39 is 45.2 Å². The van der Waals surface area contributed by atoms with E-state index in [0.717, 1.165) is 31.4 Å². The zero-order valence-electron chi connectivity index (χ0n) is 13.7. The molecule has 0 radical (unpaired) electrons. The van der Waals surface area contributed by atoms with E-state index in [1.54, 1.807) is 0 Å². The van der Waals surface area contributed by atoms with Gasteiger partial charge in [0.05, 0.1) is 12.0 Å². The number of amides is 1. The average molecular weight is 396 g/mol. The Bertz CT molecular complexity index is 1030. The highest BCUT2D eigenvalue weighted by Crippen LogP contribution is 2.25. The lowest BCUT2D eigenvalue weighted by Crippen LogP contribution is -2.28. The van der Waals surface area contributed by atoms with Gasteiger partial charge < -0.3 is 10.1 Å². The molecule has 0 spiro atoms. The van der Waals surface area contributed by atoms with E-state index in [2.05, 4.69) is 16.6 Å². The number of carbonyl (C=O) groups is 2. The average Bonchev–Trinajstić information content (AvgIpc) is 2.62. The van der Waals surface area contributed by atoms with Gasteiger partial charge in [-0.15, -0.1) is 0 Å². The van der Waals surface area contributed by atoms with E-state index in [0.29, 0.717) is 10.8 Å². The number of esters is 1. The molecular weight excluding hydrogens is 385 g/mol. The van der Waals surface area contributed by atoms with E-state index in [1.807, 2.05) is 0 Å². The van der Waals surface area contributed by atoms with Gasteiger partial charge in [-0.25, -0.2) is 9.18 Å². The molecule has 2 rings (SSSR count). The number of methoxy groups -OCH3 is 1. The molecule has 11 heteroatoms. The van der Waals surface area contributed by atoms with Crippen molar-refractivity contribution in [1.82, 2.24) is 4.57 Å². The van der Waals surface area contributed by atoms with E-state index in [1.165, 1.54) is 0 Å². The second-order valence-electron chi connectivity index (χ2n) is 5.06. The lowest BCUT2D eigenvalue weighted by Gasteiger charge is -2.11. The molecule has 140 valence electrons. The molecule has 1 heterocycles. The molecule has 1 N–H and O–H groups in total. The zero-order valence-corrected chi connectivity index (χ0v) is 14.4. The first-order chi connectivity index (χ1) is 12.6. The van der Waals surface area contributed by atoms with Crippen LogP contribution >= 0.6 is 11.6 Å². The quantitative estimate of drug-likeness (QED) is 0.359. The van der Waals surface area contributed by atoms with Gasteiger partial charge in [0.1, 0.15) is 22.2 Å². The highest BCUT2D eigenvalue weighted by Gasteiger charge is 2.19. The van der Waals surface area contributed by atoms with Gasteiger partial charge in [-0.2, -0.15) is 0 Å². The summed E-state index contributed by atoms with van der Waals surface area (Å²) in [7, 11) is 1.05. The van der Waals surface area contributed by atoms with Gasteiger partial charge >= 0.3 is 5.97 Å². The van der Waals surface area contributed by atoms with Gasteiger partial charge in [-0.3, -0.25) is 24.3 Å². The molecule has 2 aromatic rings. The molecule has 1 aromatic heterocycles. The monoisotopic (exact) mass is 395 g/mol. The Labute approximate surface area is 155 Å². The van der Waals surface area contributed by atoms with Crippen LogP contribution in [-0.2, 0) is 9.53 Å². The minimum absolute atomic E-state index is 0.104. The first kappa shape index (κ1) is 19.8. The van der Waals surface area contributed by atoms with E-state index in [9.17, 15) is 28.9 Å². The molecule has 0 aliphatic rings. The second-order valence-corrected chi connectivity index (χ2v) is 5.47. The van der Waals surface area contributed by atoms with Gasteiger partial charge in [0.2, 0.25) is 0 Å². The minimum Gasteiger partial charge on any atom is -0.464 e. The Hall–Kier alpha value is -3.53. The van der Waals surface area contributed by atoms with Crippen LogP contribution in [0.15, 0.2) is 41.8 Å². The fraction of sp³-hybridized carbons (Fsp3) is 0.0625. The number of halogens is 2. The first-order valence-electron chi connectivity index (χ1n) is 7.10. The number of benzene rings is 1. The van der Waals surface area contributed by atoms with Crippen LogP contribution in [0.1, 0.15) is 10.4 Å². The lowest BCUT2D eigenvalue weighted by molar-refractivity contribution is -0.384. The van der Waals surface area contributed by atoms with Crippen LogP contribution in [0.4, 0.5) is 15.8 Å². The van der Waals surface area contributed by atoms with Crippen LogP contribution < -0.4 is 10.9 Å². The second kappa shape index (κ2) is 7.79. The highest BCUT2D eigenvalue weighted by atomic mass is 35.5. The van der Waals surface area contributed by atoms with Gasteiger partial charge in [-0.1, -0.05) is 18.2 Å². The summed E-state index contributed by atoms with van der Waals surface area (Å²) in [4.78, 5) is 46.1. The maximum absolute atomic E-state index is 13.8. The van der Waals surface area contributed by atoms with Gasteiger partial charge in [-0.05, 0) is 12.1 Å². The molecule has 1 aromatic carbocycles. The summed E-state index contributed by atoms with van der Waals surface area (Å²) in [6.07, 6.45) is 0.708. The molecular formula is C16H11ClFN3O6. The SMILES string of the molecule is C=C(C(=O)OC)n1cc(F)cc(NC(=O)c2ccc([N+](=O)[O-])c(Cl)c2)c1=O. The fourth-order valence-corrected chi connectivity index (χ4v) is 2.30. The van der Waals surface area contributed by atoms with Crippen molar-refractivity contribution < 1.29 is 23.6 Å². The van der Waals surface area contributed by atoms with Crippen molar-refractivity contribution in [1.29, 1.82) is 0 Å². The van der Waals surface area contributed by atoms with Crippen molar-refractivity contribution >= 4 is 40.5 Å². The first-order valence-corrected chi connectivity index (χ1v) is 7.48. The standard InChI is InChI=1S/C16H11ClFN3O6/c1-8(16(24)27-2)20-7-10(18)6-12(15(20)23)19-14(22)9-3-4-13(21(25)26)11(17)5-9/h3-7H,1H2,2H3,(H,19,22). The molecule has 0 unspecified atom stereocenters. The van der Waals surface area contributed by atoms with Crippen LogP contribution in [-0.4, -0.2) is 28.5 Å². The van der Waals surface area contributed by atoms with Gasteiger partial charge in [0, 0.05) is 23.9 Å². The van der Waals surface area contributed by atoms with Crippen molar-refractivity contribution in [2.75, 3.05) is 12.4 Å². The number of rotatable bonds is 5. The van der Waals surface area contributed by atoms with Crippen molar-refractivity contribution in [2.24, 2.45) is 0 Å². The van der Waals surface area contributed by atoms with Crippen LogP contribution in [0.25, 0.3) is 5.70 Å². The molecule has 0 bridgehead atoms. The number of ether oxygens (including phenoxy) is 1. The summed E-state index contributed by atoms with van der Waals surface area (Å²) >= 11 is 5.74. The minimum atomic E-state index is -0.970. The highest BCUT2D eigenvalue weighted by molar-refractivity contribution is 6.33. The predicted molar refractivity (Wildman–Crippen MR) is 94.1 cm³/mol. The summed E-state index contributed by atoms with van der Waals surface area (Å²) < 4.78 is 18.8. The van der Waals surface area contributed by atoms with E-state index >= 15 is 0 Å².